The summed E-state index contributed by atoms with van der Waals surface area (Å²) in [7, 11) is -1.08. The molecule has 0 bridgehead atoms. The number of unbranched alkanes of at least 4 members (excludes halogenated alkanes) is 2. The fourth-order valence-corrected chi connectivity index (χ4v) is 2.82. The first-order valence-electron chi connectivity index (χ1n) is 7.20. The van der Waals surface area contributed by atoms with Crippen LogP contribution in [0.3, 0.4) is 0 Å². The van der Waals surface area contributed by atoms with Crippen molar-refractivity contribution in [2.45, 2.75) is 77.6 Å². The van der Waals surface area contributed by atoms with Crippen molar-refractivity contribution in [2.24, 2.45) is 0 Å². The van der Waals surface area contributed by atoms with Gasteiger partial charge in [0.05, 0.1) is 12.4 Å². The summed E-state index contributed by atoms with van der Waals surface area (Å²) in [5, 5.41) is 8.73. The molecule has 3 nitrogen and oxygen atoms in total. The molecular formula is C14H30BO3Si. The summed E-state index contributed by atoms with van der Waals surface area (Å²) in [5.74, 6) is 0. The zero-order valence-electron chi connectivity index (χ0n) is 13.4. The topological polar surface area (TPSA) is 38.7 Å². The molecule has 0 rings (SSSR count). The van der Waals surface area contributed by atoms with Crippen molar-refractivity contribution in [3.8, 4) is 0 Å². The summed E-state index contributed by atoms with van der Waals surface area (Å²) in [4.78, 5) is 0. The lowest BCUT2D eigenvalue weighted by Gasteiger charge is -2.38. The SMILES string of the molecule is CCCCC[C@@H](/C=C/O[B]O)O[Si](C)(C)C(C)(C)C. The van der Waals surface area contributed by atoms with E-state index < -0.39 is 8.32 Å². The molecule has 0 aromatic carbocycles. The zero-order valence-corrected chi connectivity index (χ0v) is 14.4. The molecule has 0 aliphatic heterocycles. The molecule has 0 fully saturated rings. The van der Waals surface area contributed by atoms with E-state index in [-0.39, 0.29) is 11.1 Å². The fraction of sp³-hybridized carbons (Fsp3) is 0.857. The average molecular weight is 285 g/mol. The Bertz CT molecular complexity index is 262. The molecular weight excluding hydrogens is 255 g/mol. The molecule has 0 unspecified atom stereocenters. The van der Waals surface area contributed by atoms with Gasteiger partial charge in [0.25, 0.3) is 0 Å². The molecule has 0 aromatic heterocycles. The summed E-state index contributed by atoms with van der Waals surface area (Å²) in [5.41, 5.74) is 0. The summed E-state index contributed by atoms with van der Waals surface area (Å²) < 4.78 is 11.1. The van der Waals surface area contributed by atoms with Crippen molar-refractivity contribution in [3.63, 3.8) is 0 Å². The van der Waals surface area contributed by atoms with Gasteiger partial charge in [0, 0.05) is 0 Å². The van der Waals surface area contributed by atoms with Crippen LogP contribution in [-0.4, -0.2) is 27.1 Å². The molecule has 0 aliphatic carbocycles. The van der Waals surface area contributed by atoms with Crippen molar-refractivity contribution in [3.05, 3.63) is 12.3 Å². The van der Waals surface area contributed by atoms with Crippen molar-refractivity contribution in [2.75, 3.05) is 0 Å². The second kappa shape index (κ2) is 8.82. The number of rotatable bonds is 9. The summed E-state index contributed by atoms with van der Waals surface area (Å²) in [6.45, 7) is 13.4. The highest BCUT2D eigenvalue weighted by molar-refractivity contribution is 6.74. The Hall–Kier alpha value is -0.258. The minimum absolute atomic E-state index is 0.0763. The van der Waals surface area contributed by atoms with Gasteiger partial charge in [0.1, 0.15) is 0 Å². The third kappa shape index (κ3) is 7.80. The molecule has 5 heteroatoms. The molecule has 0 spiro atoms. The van der Waals surface area contributed by atoms with Crippen LogP contribution in [0.1, 0.15) is 53.4 Å². The summed E-state index contributed by atoms with van der Waals surface area (Å²) >= 11 is 0. The van der Waals surface area contributed by atoms with E-state index in [1.165, 1.54) is 19.1 Å². The Morgan fingerprint density at radius 1 is 1.26 bits per heavy atom. The van der Waals surface area contributed by atoms with E-state index in [2.05, 4.69) is 40.8 Å². The molecule has 0 heterocycles. The third-order valence-electron chi connectivity index (χ3n) is 3.78. The lowest BCUT2D eigenvalue weighted by atomic mass is 10.1. The minimum Gasteiger partial charge on any atom is -0.543 e. The first kappa shape index (κ1) is 18.7. The van der Waals surface area contributed by atoms with Crippen molar-refractivity contribution < 1.29 is 14.1 Å². The van der Waals surface area contributed by atoms with Gasteiger partial charge in [-0.2, -0.15) is 0 Å². The van der Waals surface area contributed by atoms with E-state index in [9.17, 15) is 0 Å². The highest BCUT2D eigenvalue weighted by Crippen LogP contribution is 2.37. The van der Waals surface area contributed by atoms with Gasteiger partial charge in [0.15, 0.2) is 8.32 Å². The van der Waals surface area contributed by atoms with Gasteiger partial charge >= 0.3 is 7.69 Å². The van der Waals surface area contributed by atoms with Gasteiger partial charge in [-0.3, -0.25) is 0 Å². The normalized spacial score (nSPS) is 14.7. The Morgan fingerprint density at radius 2 is 1.89 bits per heavy atom. The molecule has 0 amide bonds. The van der Waals surface area contributed by atoms with Crippen LogP contribution in [0.15, 0.2) is 12.3 Å². The quantitative estimate of drug-likeness (QED) is 0.395. The highest BCUT2D eigenvalue weighted by Gasteiger charge is 2.38. The predicted molar refractivity (Wildman–Crippen MR) is 84.4 cm³/mol. The van der Waals surface area contributed by atoms with E-state index >= 15 is 0 Å². The Balaban J connectivity index is 4.55. The van der Waals surface area contributed by atoms with E-state index in [4.69, 9.17) is 14.1 Å². The van der Waals surface area contributed by atoms with Crippen LogP contribution in [0.4, 0.5) is 0 Å². The third-order valence-corrected chi connectivity index (χ3v) is 8.28. The molecule has 0 aliphatic rings. The van der Waals surface area contributed by atoms with E-state index in [1.54, 1.807) is 0 Å². The molecule has 0 saturated heterocycles. The first-order valence-corrected chi connectivity index (χ1v) is 10.1. The molecule has 1 radical (unpaired) electrons. The average Bonchev–Trinajstić information content (AvgIpc) is 2.27. The van der Waals surface area contributed by atoms with Gasteiger partial charge in [-0.15, -0.1) is 0 Å². The van der Waals surface area contributed by atoms with Gasteiger partial charge in [-0.05, 0) is 30.6 Å². The molecule has 19 heavy (non-hydrogen) atoms. The summed E-state index contributed by atoms with van der Waals surface area (Å²) in [6, 6.07) is 0. The standard InChI is InChI=1S/C14H30BO3Si/c1-7-8-9-10-13(11-12-17-15-16)18-19(5,6)14(2,3)4/h11-13,16H,7-10H2,1-6H3/b12-11+/t13-/m0/s1. The largest absolute Gasteiger partial charge is 0.568 e. The minimum atomic E-state index is -1.77. The molecule has 0 saturated carbocycles. The zero-order chi connectivity index (χ0) is 14.9. The lowest BCUT2D eigenvalue weighted by Crippen LogP contribution is -2.43. The van der Waals surface area contributed by atoms with Crippen LogP contribution in [-0.2, 0) is 9.08 Å². The Kier molecular flexibility index (Phi) is 8.70. The molecule has 111 valence electrons. The van der Waals surface area contributed by atoms with Crippen LogP contribution >= 0.6 is 0 Å². The molecule has 1 atom stereocenters. The van der Waals surface area contributed by atoms with E-state index in [0.717, 1.165) is 12.8 Å². The van der Waals surface area contributed by atoms with E-state index in [0.29, 0.717) is 7.69 Å². The van der Waals surface area contributed by atoms with Crippen molar-refractivity contribution in [1.29, 1.82) is 0 Å². The first-order chi connectivity index (χ1) is 8.74. The van der Waals surface area contributed by atoms with Gasteiger partial charge in [0.2, 0.25) is 0 Å². The van der Waals surface area contributed by atoms with Gasteiger partial charge in [-0.1, -0.05) is 47.0 Å². The Morgan fingerprint density at radius 3 is 2.37 bits per heavy atom. The molecule has 1 N–H and O–H groups in total. The second-order valence-electron chi connectivity index (χ2n) is 6.48. The maximum atomic E-state index is 8.52. The van der Waals surface area contributed by atoms with Crippen molar-refractivity contribution >= 4 is 16.0 Å². The van der Waals surface area contributed by atoms with Crippen LogP contribution in [0.25, 0.3) is 0 Å². The van der Waals surface area contributed by atoms with Gasteiger partial charge in [-0.25, -0.2) is 0 Å². The maximum absolute atomic E-state index is 8.52. The number of hydrogen-bond acceptors (Lipinski definition) is 3. The fourth-order valence-electron chi connectivity index (χ4n) is 1.51. The highest BCUT2D eigenvalue weighted by atomic mass is 28.4. The van der Waals surface area contributed by atoms with Crippen LogP contribution in [0, 0.1) is 0 Å². The van der Waals surface area contributed by atoms with Gasteiger partial charge < -0.3 is 14.1 Å². The monoisotopic (exact) mass is 285 g/mol. The van der Waals surface area contributed by atoms with Crippen LogP contribution < -0.4 is 0 Å². The number of hydrogen-bond donors (Lipinski definition) is 1. The smallest absolute Gasteiger partial charge is 0.543 e. The predicted octanol–water partition coefficient (Wildman–Crippen LogP) is 4.01. The molecule has 0 aromatic rings. The summed E-state index contributed by atoms with van der Waals surface area (Å²) in [6.07, 6.45) is 8.07. The van der Waals surface area contributed by atoms with E-state index in [1.807, 2.05) is 6.08 Å². The maximum Gasteiger partial charge on any atom is 0.568 e. The van der Waals surface area contributed by atoms with Crippen LogP contribution in [0.5, 0.6) is 0 Å². The van der Waals surface area contributed by atoms with Crippen LogP contribution in [0.2, 0.25) is 18.1 Å². The lowest BCUT2D eigenvalue weighted by molar-refractivity contribution is 0.208. The Labute approximate surface area is 120 Å². The second-order valence-corrected chi connectivity index (χ2v) is 11.2. The van der Waals surface area contributed by atoms with Crippen molar-refractivity contribution in [1.82, 2.24) is 0 Å².